The number of benzene rings is 2. The number of hydrogen-bond donors (Lipinski definition) is 1. The summed E-state index contributed by atoms with van der Waals surface area (Å²) in [6.07, 6.45) is 11.1. The SMILES string of the molecule is C#Cc1cccc(NC(=O)/C=C/c2cn(CCC#N)c3ccccc23)c1. The van der Waals surface area contributed by atoms with E-state index in [0.717, 1.165) is 16.5 Å². The summed E-state index contributed by atoms with van der Waals surface area (Å²) in [5.74, 6) is 2.31. The molecule has 26 heavy (non-hydrogen) atoms. The third-order valence-corrected chi connectivity index (χ3v) is 3.99. The van der Waals surface area contributed by atoms with Gasteiger partial charge in [0.05, 0.1) is 12.5 Å². The van der Waals surface area contributed by atoms with E-state index in [4.69, 9.17) is 11.7 Å². The van der Waals surface area contributed by atoms with Gasteiger partial charge in [0, 0.05) is 46.5 Å². The average Bonchev–Trinajstić information content (AvgIpc) is 3.03. The highest BCUT2D eigenvalue weighted by atomic mass is 16.1. The average molecular weight is 339 g/mol. The van der Waals surface area contributed by atoms with E-state index in [1.54, 1.807) is 24.3 Å². The Balaban J connectivity index is 1.80. The molecule has 0 radical (unpaired) electrons. The van der Waals surface area contributed by atoms with Crippen molar-refractivity contribution < 1.29 is 4.79 Å². The van der Waals surface area contributed by atoms with Gasteiger partial charge in [-0.2, -0.15) is 5.26 Å². The highest BCUT2D eigenvalue weighted by Gasteiger charge is 2.06. The molecule has 126 valence electrons. The molecule has 1 heterocycles. The zero-order valence-electron chi connectivity index (χ0n) is 14.1. The van der Waals surface area contributed by atoms with Crippen LogP contribution in [0.3, 0.4) is 0 Å². The molecular weight excluding hydrogens is 322 g/mol. The first-order valence-corrected chi connectivity index (χ1v) is 8.22. The number of anilines is 1. The van der Waals surface area contributed by atoms with Crippen molar-refractivity contribution in [2.24, 2.45) is 0 Å². The molecule has 4 heteroatoms. The van der Waals surface area contributed by atoms with Crippen molar-refractivity contribution in [2.45, 2.75) is 13.0 Å². The monoisotopic (exact) mass is 339 g/mol. The molecule has 2 aromatic carbocycles. The first kappa shape index (κ1) is 17.1. The number of nitriles is 1. The minimum atomic E-state index is -0.229. The van der Waals surface area contributed by atoms with Gasteiger partial charge in [-0.05, 0) is 30.3 Å². The Bertz CT molecular complexity index is 1060. The lowest BCUT2D eigenvalue weighted by atomic mass is 10.1. The van der Waals surface area contributed by atoms with E-state index in [1.807, 2.05) is 41.1 Å². The zero-order chi connectivity index (χ0) is 18.4. The van der Waals surface area contributed by atoms with Crippen LogP contribution in [-0.2, 0) is 11.3 Å². The van der Waals surface area contributed by atoms with E-state index >= 15 is 0 Å². The van der Waals surface area contributed by atoms with Crippen molar-refractivity contribution in [1.29, 1.82) is 5.26 Å². The van der Waals surface area contributed by atoms with Gasteiger partial charge in [-0.25, -0.2) is 0 Å². The number of para-hydroxylation sites is 1. The maximum absolute atomic E-state index is 12.2. The van der Waals surface area contributed by atoms with Crippen LogP contribution in [0, 0.1) is 23.7 Å². The number of amides is 1. The van der Waals surface area contributed by atoms with Crippen molar-refractivity contribution >= 4 is 28.6 Å². The van der Waals surface area contributed by atoms with Gasteiger partial charge >= 0.3 is 0 Å². The van der Waals surface area contributed by atoms with Crippen LogP contribution < -0.4 is 5.32 Å². The number of hydrogen-bond acceptors (Lipinski definition) is 2. The second-order valence-electron chi connectivity index (χ2n) is 5.75. The third kappa shape index (κ3) is 3.83. The summed E-state index contributed by atoms with van der Waals surface area (Å²) in [7, 11) is 0. The minimum absolute atomic E-state index is 0.229. The molecule has 0 spiro atoms. The summed E-state index contributed by atoms with van der Waals surface area (Å²) in [6.45, 7) is 0.621. The first-order valence-electron chi connectivity index (χ1n) is 8.22. The van der Waals surface area contributed by atoms with E-state index in [9.17, 15) is 4.79 Å². The molecule has 0 bridgehead atoms. The second-order valence-corrected chi connectivity index (χ2v) is 5.75. The van der Waals surface area contributed by atoms with E-state index < -0.39 is 0 Å². The molecule has 0 aliphatic rings. The number of aryl methyl sites for hydroxylation is 1. The molecule has 0 saturated carbocycles. The Morgan fingerprint density at radius 2 is 2.08 bits per heavy atom. The molecule has 1 amide bonds. The van der Waals surface area contributed by atoms with Crippen molar-refractivity contribution in [2.75, 3.05) is 5.32 Å². The van der Waals surface area contributed by atoms with Gasteiger partial charge in [-0.3, -0.25) is 4.79 Å². The van der Waals surface area contributed by atoms with Gasteiger partial charge in [0.25, 0.3) is 0 Å². The zero-order valence-corrected chi connectivity index (χ0v) is 14.1. The van der Waals surface area contributed by atoms with Crippen molar-refractivity contribution in [3.63, 3.8) is 0 Å². The summed E-state index contributed by atoms with van der Waals surface area (Å²) in [5, 5.41) is 12.7. The molecule has 0 atom stereocenters. The first-order chi connectivity index (χ1) is 12.7. The predicted molar refractivity (Wildman–Crippen MR) is 104 cm³/mol. The van der Waals surface area contributed by atoms with Crippen LogP contribution in [0.25, 0.3) is 17.0 Å². The number of rotatable bonds is 5. The van der Waals surface area contributed by atoms with Gasteiger partial charge < -0.3 is 9.88 Å². The van der Waals surface area contributed by atoms with Gasteiger partial charge in [0.2, 0.25) is 5.91 Å². The largest absolute Gasteiger partial charge is 0.346 e. The fourth-order valence-corrected chi connectivity index (χ4v) is 2.80. The quantitative estimate of drug-likeness (QED) is 0.560. The van der Waals surface area contributed by atoms with Gasteiger partial charge in [0.1, 0.15) is 0 Å². The molecule has 3 rings (SSSR count). The highest BCUT2D eigenvalue weighted by Crippen LogP contribution is 2.23. The topological polar surface area (TPSA) is 57.8 Å². The van der Waals surface area contributed by atoms with Crippen LogP contribution in [0.15, 0.2) is 60.8 Å². The second kappa shape index (κ2) is 7.88. The van der Waals surface area contributed by atoms with Gasteiger partial charge in [-0.1, -0.05) is 30.2 Å². The van der Waals surface area contributed by atoms with Gasteiger partial charge in [0.15, 0.2) is 0 Å². The van der Waals surface area contributed by atoms with Crippen LogP contribution in [0.4, 0.5) is 5.69 Å². The van der Waals surface area contributed by atoms with Crippen LogP contribution in [0.1, 0.15) is 17.5 Å². The Labute approximate surface area is 152 Å². The molecule has 4 nitrogen and oxygen atoms in total. The molecule has 0 aliphatic carbocycles. The summed E-state index contributed by atoms with van der Waals surface area (Å²) in [4.78, 5) is 12.2. The summed E-state index contributed by atoms with van der Waals surface area (Å²) < 4.78 is 2.03. The molecule has 1 N–H and O–H groups in total. The molecule has 0 saturated heterocycles. The molecular formula is C22H17N3O. The summed E-state index contributed by atoms with van der Waals surface area (Å²) >= 11 is 0. The molecule has 0 unspecified atom stereocenters. The Hall–Kier alpha value is -3.76. The summed E-state index contributed by atoms with van der Waals surface area (Å²) in [5.41, 5.74) is 3.36. The van der Waals surface area contributed by atoms with Crippen LogP contribution in [0.2, 0.25) is 0 Å². The smallest absolute Gasteiger partial charge is 0.248 e. The van der Waals surface area contributed by atoms with Crippen LogP contribution in [0.5, 0.6) is 0 Å². The maximum Gasteiger partial charge on any atom is 0.248 e. The standard InChI is InChI=1S/C22H17N3O/c1-2-17-7-5-8-19(15-17)24-22(26)12-11-18-16-25(14-6-13-23)21-10-4-3-9-20(18)21/h1,3-5,7-12,15-16H,6,14H2,(H,24,26)/b12-11+. The Morgan fingerprint density at radius 1 is 1.23 bits per heavy atom. The molecule has 1 aromatic heterocycles. The number of fused-ring (bicyclic) bond motifs is 1. The van der Waals surface area contributed by atoms with Crippen LogP contribution >= 0.6 is 0 Å². The van der Waals surface area contributed by atoms with E-state index in [0.29, 0.717) is 24.2 Å². The van der Waals surface area contributed by atoms with E-state index in [-0.39, 0.29) is 5.91 Å². The number of terminal acetylenes is 1. The molecule has 0 fully saturated rings. The van der Waals surface area contributed by atoms with Crippen molar-refractivity contribution in [1.82, 2.24) is 4.57 Å². The highest BCUT2D eigenvalue weighted by molar-refractivity contribution is 6.03. The van der Waals surface area contributed by atoms with E-state index in [2.05, 4.69) is 17.3 Å². The van der Waals surface area contributed by atoms with Crippen molar-refractivity contribution in [3.05, 3.63) is 71.9 Å². The van der Waals surface area contributed by atoms with Gasteiger partial charge in [-0.15, -0.1) is 6.42 Å². The molecule has 0 aliphatic heterocycles. The molecule has 3 aromatic rings. The minimum Gasteiger partial charge on any atom is -0.346 e. The Kier molecular flexibility index (Phi) is 5.17. The fraction of sp³-hybridized carbons (Fsp3) is 0.0909. The number of carbonyl (C=O) groups excluding carboxylic acids is 1. The third-order valence-electron chi connectivity index (χ3n) is 3.99. The number of nitrogens with zero attached hydrogens (tertiary/aromatic N) is 2. The number of aromatic nitrogens is 1. The van der Waals surface area contributed by atoms with E-state index in [1.165, 1.54) is 6.08 Å². The number of carbonyl (C=O) groups is 1. The Morgan fingerprint density at radius 3 is 2.88 bits per heavy atom. The fourth-order valence-electron chi connectivity index (χ4n) is 2.80. The number of nitrogens with one attached hydrogen (secondary N) is 1. The lowest BCUT2D eigenvalue weighted by molar-refractivity contribution is -0.111. The van der Waals surface area contributed by atoms with Crippen molar-refractivity contribution in [3.8, 4) is 18.4 Å². The lowest BCUT2D eigenvalue weighted by Gasteiger charge is -2.02. The normalized spacial score (nSPS) is 10.5. The summed E-state index contributed by atoms with van der Waals surface area (Å²) in [6, 6.07) is 17.2. The predicted octanol–water partition coefficient (Wildman–Crippen LogP) is 4.19. The van der Waals surface area contributed by atoms with Crippen LogP contribution in [-0.4, -0.2) is 10.5 Å². The lowest BCUT2D eigenvalue weighted by Crippen LogP contribution is -2.07. The maximum atomic E-state index is 12.2.